The lowest BCUT2D eigenvalue weighted by molar-refractivity contribution is -0.140. The van der Waals surface area contributed by atoms with Crippen molar-refractivity contribution in [3.63, 3.8) is 0 Å². The quantitative estimate of drug-likeness (QED) is 0.673. The van der Waals surface area contributed by atoms with Gasteiger partial charge in [0.25, 0.3) is 0 Å². The van der Waals surface area contributed by atoms with E-state index in [1.807, 2.05) is 0 Å². The minimum atomic E-state index is -3.95. The van der Waals surface area contributed by atoms with E-state index >= 15 is 0 Å². The number of benzene rings is 1. The summed E-state index contributed by atoms with van der Waals surface area (Å²) >= 11 is 0. The van der Waals surface area contributed by atoms with Gasteiger partial charge in [-0.15, -0.1) is 0 Å². The van der Waals surface area contributed by atoms with Gasteiger partial charge in [0, 0.05) is 12.6 Å². The number of sulfonamides is 1. The number of rotatable bonds is 5. The minimum Gasteiger partial charge on any atom is -0.360 e. The minimum absolute atomic E-state index is 0.00141. The van der Waals surface area contributed by atoms with E-state index in [9.17, 15) is 22.4 Å². The van der Waals surface area contributed by atoms with Gasteiger partial charge in [0.05, 0.1) is 18.0 Å². The van der Waals surface area contributed by atoms with Crippen LogP contribution in [0, 0.1) is 12.7 Å². The van der Waals surface area contributed by atoms with Gasteiger partial charge in [0.15, 0.2) is 0 Å². The van der Waals surface area contributed by atoms with Crippen LogP contribution in [0.2, 0.25) is 0 Å². The first-order valence-corrected chi connectivity index (χ1v) is 11.7. The van der Waals surface area contributed by atoms with Gasteiger partial charge in [-0.05, 0) is 49.9 Å². The second-order valence-electron chi connectivity index (χ2n) is 7.72. The fourth-order valence-electron chi connectivity index (χ4n) is 3.77. The SMILES string of the molecule is Cc1cc(S(=O)(=O)N2CCCOC2CNC(=O)C(=O)NC2CCCCC2)ccc1F. The van der Waals surface area contributed by atoms with Crippen LogP contribution < -0.4 is 10.6 Å². The number of aryl methyl sites for hydroxylation is 1. The first-order chi connectivity index (χ1) is 14.3. The maximum atomic E-state index is 13.5. The van der Waals surface area contributed by atoms with Crippen LogP contribution in [0.4, 0.5) is 4.39 Å². The van der Waals surface area contributed by atoms with Crippen molar-refractivity contribution in [2.45, 2.75) is 62.6 Å². The van der Waals surface area contributed by atoms with Crippen molar-refractivity contribution in [2.24, 2.45) is 0 Å². The van der Waals surface area contributed by atoms with Crippen LogP contribution in [-0.4, -0.2) is 56.5 Å². The molecule has 1 aromatic rings. The lowest BCUT2D eigenvalue weighted by Crippen LogP contribution is -2.53. The summed E-state index contributed by atoms with van der Waals surface area (Å²) in [5.74, 6) is -2.03. The third kappa shape index (κ3) is 5.35. The Kier molecular flexibility index (Phi) is 7.43. The third-order valence-electron chi connectivity index (χ3n) is 5.47. The number of halogens is 1. The largest absolute Gasteiger partial charge is 0.360 e. The van der Waals surface area contributed by atoms with Crippen molar-refractivity contribution < 1.29 is 27.1 Å². The lowest BCUT2D eigenvalue weighted by Gasteiger charge is -2.34. The third-order valence-corrected chi connectivity index (χ3v) is 7.36. The molecule has 1 atom stereocenters. The Hall–Kier alpha value is -2.04. The molecule has 1 saturated heterocycles. The highest BCUT2D eigenvalue weighted by molar-refractivity contribution is 7.89. The highest BCUT2D eigenvalue weighted by Crippen LogP contribution is 2.23. The molecule has 1 aliphatic carbocycles. The highest BCUT2D eigenvalue weighted by Gasteiger charge is 2.35. The zero-order valence-electron chi connectivity index (χ0n) is 17.0. The van der Waals surface area contributed by atoms with Gasteiger partial charge in [0.1, 0.15) is 12.0 Å². The number of nitrogens with zero attached hydrogens (tertiary/aromatic N) is 1. The summed E-state index contributed by atoms with van der Waals surface area (Å²) < 4.78 is 46.3. The molecule has 166 valence electrons. The van der Waals surface area contributed by atoms with Crippen LogP contribution in [0.5, 0.6) is 0 Å². The number of carbonyl (C=O) groups is 2. The molecule has 2 fully saturated rings. The average molecular weight is 442 g/mol. The first kappa shape index (κ1) is 22.6. The second kappa shape index (κ2) is 9.84. The predicted octanol–water partition coefficient (Wildman–Crippen LogP) is 1.44. The van der Waals surface area contributed by atoms with Gasteiger partial charge in [-0.1, -0.05) is 19.3 Å². The zero-order valence-corrected chi connectivity index (χ0v) is 17.8. The maximum absolute atomic E-state index is 13.5. The molecular weight excluding hydrogens is 413 g/mol. The Morgan fingerprint density at radius 2 is 1.90 bits per heavy atom. The summed E-state index contributed by atoms with van der Waals surface area (Å²) in [6.07, 6.45) is 4.44. The molecule has 3 rings (SSSR count). The Morgan fingerprint density at radius 1 is 1.17 bits per heavy atom. The van der Waals surface area contributed by atoms with E-state index in [0.717, 1.165) is 42.5 Å². The lowest BCUT2D eigenvalue weighted by atomic mass is 9.95. The van der Waals surface area contributed by atoms with E-state index in [1.54, 1.807) is 0 Å². The number of ether oxygens (including phenoxy) is 1. The summed E-state index contributed by atoms with van der Waals surface area (Å²) in [6, 6.07) is 3.59. The number of carbonyl (C=O) groups excluding carboxylic acids is 2. The molecule has 10 heteroatoms. The number of amides is 2. The van der Waals surface area contributed by atoms with Crippen LogP contribution in [0.1, 0.15) is 44.1 Å². The van der Waals surface area contributed by atoms with Crippen LogP contribution >= 0.6 is 0 Å². The van der Waals surface area contributed by atoms with Gasteiger partial charge in [-0.3, -0.25) is 9.59 Å². The van der Waals surface area contributed by atoms with E-state index in [-0.39, 0.29) is 29.6 Å². The molecule has 0 bridgehead atoms. The van der Waals surface area contributed by atoms with Crippen molar-refractivity contribution in [1.82, 2.24) is 14.9 Å². The van der Waals surface area contributed by atoms with Crippen LogP contribution in [-0.2, 0) is 24.3 Å². The highest BCUT2D eigenvalue weighted by atomic mass is 32.2. The standard InChI is InChI=1S/C20H28FN3O5S/c1-14-12-16(8-9-17(14)21)30(27,28)24-10-5-11-29-18(24)13-22-19(25)20(26)23-15-6-3-2-4-7-15/h8-9,12,15,18H,2-7,10-11,13H2,1H3,(H,22,25)(H,23,26). The normalized spacial score (nSPS) is 21.2. The molecule has 2 N–H and O–H groups in total. The molecule has 1 aromatic carbocycles. The van der Waals surface area contributed by atoms with Crippen molar-refractivity contribution in [3.8, 4) is 0 Å². The fourth-order valence-corrected chi connectivity index (χ4v) is 5.42. The van der Waals surface area contributed by atoms with Gasteiger partial charge in [-0.2, -0.15) is 4.31 Å². The molecule has 1 saturated carbocycles. The van der Waals surface area contributed by atoms with E-state index in [4.69, 9.17) is 4.74 Å². The summed E-state index contributed by atoms with van der Waals surface area (Å²) in [5, 5.41) is 5.20. The van der Waals surface area contributed by atoms with Gasteiger partial charge in [0.2, 0.25) is 10.0 Å². The maximum Gasteiger partial charge on any atom is 0.309 e. The first-order valence-electron chi connectivity index (χ1n) is 10.3. The summed E-state index contributed by atoms with van der Waals surface area (Å²) in [4.78, 5) is 24.3. The molecule has 1 aliphatic heterocycles. The zero-order chi connectivity index (χ0) is 21.7. The number of hydrogen-bond donors (Lipinski definition) is 2. The molecular formula is C20H28FN3O5S. The van der Waals surface area contributed by atoms with Crippen LogP contribution in [0.25, 0.3) is 0 Å². The summed E-state index contributed by atoms with van der Waals surface area (Å²) in [6.45, 7) is 1.87. The predicted molar refractivity (Wildman–Crippen MR) is 107 cm³/mol. The Bertz CT molecular complexity index is 886. The van der Waals surface area contributed by atoms with Gasteiger partial charge >= 0.3 is 11.8 Å². The molecule has 1 unspecified atom stereocenters. The summed E-state index contributed by atoms with van der Waals surface area (Å²) in [5.41, 5.74) is 0.221. The Morgan fingerprint density at radius 3 is 2.60 bits per heavy atom. The topological polar surface area (TPSA) is 105 Å². The van der Waals surface area contributed by atoms with Crippen LogP contribution in [0.15, 0.2) is 23.1 Å². The number of hydrogen-bond acceptors (Lipinski definition) is 5. The van der Waals surface area contributed by atoms with Crippen LogP contribution in [0.3, 0.4) is 0 Å². The van der Waals surface area contributed by atoms with Crippen molar-refractivity contribution in [1.29, 1.82) is 0 Å². The molecule has 8 nitrogen and oxygen atoms in total. The van der Waals surface area contributed by atoms with Gasteiger partial charge in [-0.25, -0.2) is 12.8 Å². The van der Waals surface area contributed by atoms with Crippen molar-refractivity contribution in [2.75, 3.05) is 19.7 Å². The molecule has 1 heterocycles. The molecule has 2 aliphatic rings. The van der Waals surface area contributed by atoms with E-state index in [0.29, 0.717) is 13.0 Å². The van der Waals surface area contributed by atoms with Crippen molar-refractivity contribution in [3.05, 3.63) is 29.6 Å². The Balaban J connectivity index is 1.63. The van der Waals surface area contributed by atoms with E-state index in [1.165, 1.54) is 19.1 Å². The second-order valence-corrected chi connectivity index (χ2v) is 9.61. The van der Waals surface area contributed by atoms with Crippen molar-refractivity contribution >= 4 is 21.8 Å². The van der Waals surface area contributed by atoms with E-state index < -0.39 is 33.9 Å². The molecule has 2 amide bonds. The molecule has 0 spiro atoms. The van der Waals surface area contributed by atoms with Gasteiger partial charge < -0.3 is 15.4 Å². The molecule has 0 aromatic heterocycles. The molecule has 0 radical (unpaired) electrons. The molecule has 30 heavy (non-hydrogen) atoms. The smallest absolute Gasteiger partial charge is 0.309 e. The number of nitrogens with one attached hydrogen (secondary N) is 2. The van der Waals surface area contributed by atoms with E-state index in [2.05, 4.69) is 10.6 Å². The fraction of sp³-hybridized carbons (Fsp3) is 0.600. The Labute approximate surface area is 176 Å². The summed E-state index contributed by atoms with van der Waals surface area (Å²) in [7, 11) is -3.95. The monoisotopic (exact) mass is 441 g/mol. The average Bonchev–Trinajstić information content (AvgIpc) is 2.74.